The van der Waals surface area contributed by atoms with Crippen molar-refractivity contribution in [3.05, 3.63) is 11.8 Å². The van der Waals surface area contributed by atoms with E-state index in [9.17, 15) is 26.4 Å². The van der Waals surface area contributed by atoms with Crippen molar-refractivity contribution in [2.75, 3.05) is 6.61 Å². The van der Waals surface area contributed by atoms with Gasteiger partial charge in [-0.15, -0.1) is 0 Å². The Bertz CT molecular complexity index is 636. The van der Waals surface area contributed by atoms with E-state index in [4.69, 9.17) is 4.74 Å². The fourth-order valence-electron chi connectivity index (χ4n) is 3.48. The summed E-state index contributed by atoms with van der Waals surface area (Å²) in [6.45, 7) is 5.61. The molecule has 0 aromatic carbocycles. The second-order valence-electron chi connectivity index (χ2n) is 6.85. The van der Waals surface area contributed by atoms with Crippen molar-refractivity contribution in [3.8, 4) is 0 Å². The zero-order valence-electron chi connectivity index (χ0n) is 13.7. The van der Waals surface area contributed by atoms with Crippen molar-refractivity contribution in [2.24, 2.45) is 23.2 Å². The maximum atomic E-state index is 12.4. The summed E-state index contributed by atoms with van der Waals surface area (Å²) in [7, 11) is -5.62. The van der Waals surface area contributed by atoms with Gasteiger partial charge in [-0.05, 0) is 57.4 Å². The number of carbonyl (C=O) groups is 1. The molecular formula is C15H21F3O5S. The molecule has 1 saturated carbocycles. The Hall–Kier alpha value is -1.25. The molecule has 1 unspecified atom stereocenters. The summed E-state index contributed by atoms with van der Waals surface area (Å²) in [5, 5.41) is 0. The van der Waals surface area contributed by atoms with Gasteiger partial charge in [0.25, 0.3) is 0 Å². The summed E-state index contributed by atoms with van der Waals surface area (Å²) in [5.41, 5.74) is -6.12. The minimum atomic E-state index is -5.62. The Morgan fingerprint density at radius 2 is 1.92 bits per heavy atom. The number of fused-ring (bicyclic) bond motifs is 1. The van der Waals surface area contributed by atoms with E-state index in [1.807, 2.05) is 0 Å². The van der Waals surface area contributed by atoms with Crippen LogP contribution in [0.3, 0.4) is 0 Å². The Kier molecular flexibility index (Phi) is 4.96. The summed E-state index contributed by atoms with van der Waals surface area (Å²) in [5.74, 6) is -0.516. The SMILES string of the molecule is CCOC(=O)C(C)(C)C1C[C@@H]2CC(OS(=O)(=O)C(F)(F)F)=C[C@@H]2C1. The molecule has 138 valence electrons. The molecule has 0 spiro atoms. The van der Waals surface area contributed by atoms with E-state index in [0.29, 0.717) is 12.8 Å². The van der Waals surface area contributed by atoms with Gasteiger partial charge in [0.15, 0.2) is 0 Å². The van der Waals surface area contributed by atoms with Gasteiger partial charge in [-0.3, -0.25) is 4.79 Å². The fourth-order valence-corrected chi connectivity index (χ4v) is 3.98. The molecule has 0 aromatic rings. The van der Waals surface area contributed by atoms with Crippen molar-refractivity contribution in [3.63, 3.8) is 0 Å². The Morgan fingerprint density at radius 1 is 1.29 bits per heavy atom. The highest BCUT2D eigenvalue weighted by Gasteiger charge is 2.51. The highest BCUT2D eigenvalue weighted by Crippen LogP contribution is 2.52. The largest absolute Gasteiger partial charge is 0.534 e. The van der Waals surface area contributed by atoms with E-state index in [1.165, 1.54) is 6.08 Å². The van der Waals surface area contributed by atoms with Gasteiger partial charge in [-0.2, -0.15) is 21.6 Å². The van der Waals surface area contributed by atoms with Crippen LogP contribution in [0.15, 0.2) is 11.8 Å². The first-order chi connectivity index (χ1) is 10.9. The van der Waals surface area contributed by atoms with Gasteiger partial charge in [0.1, 0.15) is 5.76 Å². The first kappa shape index (κ1) is 19.1. The van der Waals surface area contributed by atoms with Crippen LogP contribution >= 0.6 is 0 Å². The first-order valence-corrected chi connectivity index (χ1v) is 9.18. The topological polar surface area (TPSA) is 69.7 Å². The summed E-state index contributed by atoms with van der Waals surface area (Å²) >= 11 is 0. The number of halogens is 3. The Labute approximate surface area is 139 Å². The van der Waals surface area contributed by atoms with E-state index in [1.54, 1.807) is 20.8 Å². The van der Waals surface area contributed by atoms with Crippen molar-refractivity contribution < 1.29 is 35.3 Å². The summed E-state index contributed by atoms with van der Waals surface area (Å²) in [6, 6.07) is 0. The molecule has 0 bridgehead atoms. The number of allylic oxidation sites excluding steroid dienone is 2. The molecule has 2 aliphatic rings. The Morgan fingerprint density at radius 3 is 2.42 bits per heavy atom. The predicted molar refractivity (Wildman–Crippen MR) is 78.9 cm³/mol. The van der Waals surface area contributed by atoms with Crippen molar-refractivity contribution in [2.45, 2.75) is 45.5 Å². The molecule has 0 heterocycles. The van der Waals surface area contributed by atoms with Crippen molar-refractivity contribution in [1.82, 2.24) is 0 Å². The number of carbonyl (C=O) groups excluding carboxylic acids is 1. The number of rotatable bonds is 5. The standard InChI is InChI=1S/C15H21F3O5S/c1-4-22-13(19)14(2,3)11-5-9-7-12(8-10(9)6-11)23-24(20,21)15(16,17)18/h7,9-11H,4-6,8H2,1-3H3/t9-,10+,11?/m0/s1. The maximum absolute atomic E-state index is 12.4. The number of hydrogen-bond acceptors (Lipinski definition) is 5. The summed E-state index contributed by atoms with van der Waals surface area (Å²) < 4.78 is 68.5. The monoisotopic (exact) mass is 370 g/mol. The molecule has 0 amide bonds. The van der Waals surface area contributed by atoms with Gasteiger partial charge in [0, 0.05) is 6.42 Å². The smallest absolute Gasteiger partial charge is 0.466 e. The van der Waals surface area contributed by atoms with Crippen molar-refractivity contribution >= 4 is 16.1 Å². The normalized spacial score (nSPS) is 27.6. The van der Waals surface area contributed by atoms with Crippen LogP contribution in [0.5, 0.6) is 0 Å². The van der Waals surface area contributed by atoms with Crippen LogP contribution in [0.1, 0.15) is 40.0 Å². The quantitative estimate of drug-likeness (QED) is 0.422. The zero-order chi connectivity index (χ0) is 18.3. The van der Waals surface area contributed by atoms with E-state index in [-0.39, 0.29) is 42.5 Å². The lowest BCUT2D eigenvalue weighted by atomic mass is 9.77. The second kappa shape index (κ2) is 6.24. The van der Waals surface area contributed by atoms with Crippen LogP contribution in [-0.4, -0.2) is 26.5 Å². The minimum absolute atomic E-state index is 0.0119. The van der Waals surface area contributed by atoms with Gasteiger partial charge >= 0.3 is 21.6 Å². The second-order valence-corrected chi connectivity index (χ2v) is 8.39. The molecule has 0 radical (unpaired) electrons. The summed E-state index contributed by atoms with van der Waals surface area (Å²) in [6.07, 6.45) is 2.80. The molecule has 0 aromatic heterocycles. The third-order valence-corrected chi connectivity index (χ3v) is 5.94. The molecule has 3 atom stereocenters. The molecule has 24 heavy (non-hydrogen) atoms. The van der Waals surface area contributed by atoms with Crippen LogP contribution in [0.2, 0.25) is 0 Å². The van der Waals surface area contributed by atoms with Gasteiger partial charge in [0.2, 0.25) is 0 Å². The molecule has 2 aliphatic carbocycles. The molecule has 2 rings (SSSR count). The third-order valence-electron chi connectivity index (χ3n) is 4.94. The molecule has 0 N–H and O–H groups in total. The number of hydrogen-bond donors (Lipinski definition) is 0. The molecule has 1 fully saturated rings. The fraction of sp³-hybridized carbons (Fsp3) is 0.800. The number of esters is 1. The molecule has 0 saturated heterocycles. The average Bonchev–Trinajstić information content (AvgIpc) is 2.95. The van der Waals surface area contributed by atoms with E-state index in [2.05, 4.69) is 4.18 Å². The zero-order valence-corrected chi connectivity index (χ0v) is 14.5. The van der Waals surface area contributed by atoms with E-state index < -0.39 is 21.0 Å². The molecular weight excluding hydrogens is 349 g/mol. The van der Waals surface area contributed by atoms with Gasteiger partial charge < -0.3 is 8.92 Å². The van der Waals surface area contributed by atoms with E-state index >= 15 is 0 Å². The Balaban J connectivity index is 2.04. The number of ether oxygens (including phenoxy) is 1. The lowest BCUT2D eigenvalue weighted by Gasteiger charge is -2.29. The maximum Gasteiger partial charge on any atom is 0.534 e. The molecule has 0 aliphatic heterocycles. The lowest BCUT2D eigenvalue weighted by molar-refractivity contribution is -0.156. The van der Waals surface area contributed by atoms with Crippen molar-refractivity contribution in [1.29, 1.82) is 0 Å². The first-order valence-electron chi connectivity index (χ1n) is 7.77. The average molecular weight is 370 g/mol. The highest BCUT2D eigenvalue weighted by molar-refractivity contribution is 7.87. The van der Waals surface area contributed by atoms with Crippen LogP contribution in [0, 0.1) is 23.2 Å². The third kappa shape index (κ3) is 3.55. The van der Waals surface area contributed by atoms with Crippen LogP contribution in [-0.2, 0) is 23.8 Å². The van der Waals surface area contributed by atoms with Crippen LogP contribution < -0.4 is 0 Å². The van der Waals surface area contributed by atoms with Gasteiger partial charge in [-0.25, -0.2) is 0 Å². The minimum Gasteiger partial charge on any atom is -0.466 e. The predicted octanol–water partition coefficient (Wildman–Crippen LogP) is 3.37. The van der Waals surface area contributed by atoms with Gasteiger partial charge in [0.05, 0.1) is 12.0 Å². The van der Waals surface area contributed by atoms with Gasteiger partial charge in [-0.1, -0.05) is 0 Å². The van der Waals surface area contributed by atoms with E-state index in [0.717, 1.165) is 0 Å². The van der Waals surface area contributed by atoms with Crippen LogP contribution in [0.4, 0.5) is 13.2 Å². The highest BCUT2D eigenvalue weighted by atomic mass is 32.2. The lowest BCUT2D eigenvalue weighted by Crippen LogP contribution is -2.33. The summed E-state index contributed by atoms with van der Waals surface area (Å²) in [4.78, 5) is 12.1. The van der Waals surface area contributed by atoms with Crippen LogP contribution in [0.25, 0.3) is 0 Å². The molecule has 5 nitrogen and oxygen atoms in total. The molecule has 9 heteroatoms. The number of alkyl halides is 3.